The number of hydrogen-bond acceptors (Lipinski definition) is 4. The van der Waals surface area contributed by atoms with E-state index in [4.69, 9.17) is 21.7 Å². The summed E-state index contributed by atoms with van der Waals surface area (Å²) in [5.74, 6) is 0. The summed E-state index contributed by atoms with van der Waals surface area (Å²) in [6, 6.07) is 0. The molecule has 2 unspecified atom stereocenters. The van der Waals surface area contributed by atoms with Crippen LogP contribution in [0.15, 0.2) is 0 Å². The number of thioether (sulfide) groups is 1. The Morgan fingerprint density at radius 1 is 1.33 bits per heavy atom. The Morgan fingerprint density at radius 2 is 2.00 bits per heavy atom. The second kappa shape index (κ2) is 9.43. The van der Waals surface area contributed by atoms with Crippen molar-refractivity contribution in [3.05, 3.63) is 0 Å². The molecule has 0 aliphatic heterocycles. The monoisotopic (exact) mass is 250 g/mol. The first kappa shape index (κ1) is 15.2. The minimum absolute atomic E-state index is 0.0841. The highest BCUT2D eigenvalue weighted by molar-refractivity contribution is 8.22. The summed E-state index contributed by atoms with van der Waals surface area (Å²) in [7, 11) is 0. The molecule has 0 amide bonds. The number of rotatable bonds is 7. The van der Waals surface area contributed by atoms with Crippen LogP contribution in [0, 0.1) is 0 Å². The Kier molecular flexibility index (Phi) is 9.55. The average Bonchev–Trinajstić information content (AvgIpc) is 2.14. The molecule has 0 N–H and O–H groups in total. The second-order valence-corrected chi connectivity index (χ2v) is 5.36. The maximum absolute atomic E-state index is 5.58. The van der Waals surface area contributed by atoms with Crippen molar-refractivity contribution in [1.29, 1.82) is 0 Å². The first-order valence-electron chi connectivity index (χ1n) is 5.59. The maximum Gasteiger partial charge on any atom is 0.222 e. The molecule has 0 aliphatic rings. The van der Waals surface area contributed by atoms with E-state index in [0.29, 0.717) is 11.0 Å². The van der Waals surface area contributed by atoms with Crippen LogP contribution in [0.4, 0.5) is 0 Å². The van der Waals surface area contributed by atoms with Crippen LogP contribution in [0.25, 0.3) is 0 Å². The standard InChI is InChI=1S/C11H22O2S2/c1-5-7-8-9(3)13-11(14)15-10(4)12-6-2/h9-10H,5-8H2,1-4H3. The predicted octanol–water partition coefficient (Wildman–Crippen LogP) is 3.98. The van der Waals surface area contributed by atoms with Crippen molar-refractivity contribution in [2.24, 2.45) is 0 Å². The largest absolute Gasteiger partial charge is 0.476 e. The molecule has 15 heavy (non-hydrogen) atoms. The normalized spacial score (nSPS) is 14.7. The van der Waals surface area contributed by atoms with Gasteiger partial charge in [-0.15, -0.1) is 0 Å². The van der Waals surface area contributed by atoms with Gasteiger partial charge in [0.25, 0.3) is 0 Å². The third kappa shape index (κ3) is 9.15. The van der Waals surface area contributed by atoms with Gasteiger partial charge in [0, 0.05) is 6.61 Å². The van der Waals surface area contributed by atoms with Gasteiger partial charge in [-0.2, -0.15) is 0 Å². The lowest BCUT2D eigenvalue weighted by Gasteiger charge is -2.16. The summed E-state index contributed by atoms with van der Waals surface area (Å²) >= 11 is 6.60. The van der Waals surface area contributed by atoms with Crippen LogP contribution in [0.2, 0.25) is 0 Å². The van der Waals surface area contributed by atoms with Crippen LogP contribution in [0.3, 0.4) is 0 Å². The third-order valence-electron chi connectivity index (χ3n) is 1.93. The molecule has 0 aromatic heterocycles. The Bertz CT molecular complexity index is 174. The summed E-state index contributed by atoms with van der Waals surface area (Å²) in [4.78, 5) is 0. The Balaban J connectivity index is 3.63. The maximum atomic E-state index is 5.58. The van der Waals surface area contributed by atoms with Gasteiger partial charge in [0.1, 0.15) is 5.44 Å². The molecule has 4 heteroatoms. The van der Waals surface area contributed by atoms with E-state index in [9.17, 15) is 0 Å². The summed E-state index contributed by atoms with van der Waals surface area (Å²) in [6.45, 7) is 8.92. The van der Waals surface area contributed by atoms with Crippen LogP contribution >= 0.6 is 24.0 Å². The van der Waals surface area contributed by atoms with Crippen molar-refractivity contribution >= 4 is 28.4 Å². The SMILES string of the molecule is CCCCC(C)OC(=S)SC(C)OCC. The third-order valence-corrected chi connectivity index (χ3v) is 3.07. The number of hydrogen-bond donors (Lipinski definition) is 0. The zero-order valence-corrected chi connectivity index (χ0v) is 11.7. The minimum Gasteiger partial charge on any atom is -0.476 e. The summed E-state index contributed by atoms with van der Waals surface area (Å²) < 4.78 is 11.6. The Hall–Kier alpha value is 0.200. The van der Waals surface area contributed by atoms with Crippen molar-refractivity contribution < 1.29 is 9.47 Å². The second-order valence-electron chi connectivity index (χ2n) is 3.46. The minimum atomic E-state index is 0.0841. The first-order chi connectivity index (χ1) is 7.10. The van der Waals surface area contributed by atoms with Crippen LogP contribution < -0.4 is 0 Å². The molecule has 2 atom stereocenters. The zero-order valence-electron chi connectivity index (χ0n) is 10.1. The first-order valence-corrected chi connectivity index (χ1v) is 6.87. The van der Waals surface area contributed by atoms with Crippen molar-refractivity contribution in [2.75, 3.05) is 6.61 Å². The van der Waals surface area contributed by atoms with E-state index in [2.05, 4.69) is 13.8 Å². The lowest BCUT2D eigenvalue weighted by atomic mass is 10.2. The van der Waals surface area contributed by atoms with E-state index in [1.165, 1.54) is 24.6 Å². The molecule has 0 bridgehead atoms. The highest BCUT2D eigenvalue weighted by Crippen LogP contribution is 2.17. The van der Waals surface area contributed by atoms with Gasteiger partial charge >= 0.3 is 0 Å². The van der Waals surface area contributed by atoms with Crippen LogP contribution in [0.1, 0.15) is 47.0 Å². The Morgan fingerprint density at radius 3 is 2.53 bits per heavy atom. The summed E-state index contributed by atoms with van der Waals surface area (Å²) in [5, 5.41) is 0. The van der Waals surface area contributed by atoms with Gasteiger partial charge in [-0.1, -0.05) is 19.8 Å². The van der Waals surface area contributed by atoms with E-state index >= 15 is 0 Å². The molecule has 0 aliphatic carbocycles. The van der Waals surface area contributed by atoms with Crippen LogP contribution in [-0.2, 0) is 9.47 Å². The molecule has 0 rings (SSSR count). The lowest BCUT2D eigenvalue weighted by molar-refractivity contribution is 0.137. The highest BCUT2D eigenvalue weighted by atomic mass is 32.2. The molecule has 0 fully saturated rings. The molecule has 0 radical (unpaired) electrons. The highest BCUT2D eigenvalue weighted by Gasteiger charge is 2.10. The van der Waals surface area contributed by atoms with Crippen molar-refractivity contribution in [3.63, 3.8) is 0 Å². The molecule has 2 nitrogen and oxygen atoms in total. The Labute approximate surface area is 103 Å². The van der Waals surface area contributed by atoms with Crippen molar-refractivity contribution in [2.45, 2.75) is 58.5 Å². The van der Waals surface area contributed by atoms with Gasteiger partial charge in [0.2, 0.25) is 4.38 Å². The predicted molar refractivity (Wildman–Crippen MR) is 71.3 cm³/mol. The van der Waals surface area contributed by atoms with E-state index in [-0.39, 0.29) is 11.5 Å². The molecule has 0 aromatic carbocycles. The van der Waals surface area contributed by atoms with Gasteiger partial charge in [-0.25, -0.2) is 0 Å². The zero-order chi connectivity index (χ0) is 11.7. The fourth-order valence-electron chi connectivity index (χ4n) is 1.15. The fourth-order valence-corrected chi connectivity index (χ4v) is 2.41. The molecular weight excluding hydrogens is 228 g/mol. The van der Waals surface area contributed by atoms with Gasteiger partial charge in [-0.3, -0.25) is 0 Å². The summed E-state index contributed by atoms with van der Waals surface area (Å²) in [6.07, 6.45) is 3.68. The molecule has 0 heterocycles. The van der Waals surface area contributed by atoms with Gasteiger partial charge < -0.3 is 9.47 Å². The topological polar surface area (TPSA) is 18.5 Å². The van der Waals surface area contributed by atoms with Crippen LogP contribution in [0.5, 0.6) is 0 Å². The van der Waals surface area contributed by atoms with E-state index in [0.717, 1.165) is 6.42 Å². The van der Waals surface area contributed by atoms with E-state index in [1.807, 2.05) is 13.8 Å². The molecule has 0 spiro atoms. The van der Waals surface area contributed by atoms with E-state index in [1.54, 1.807) is 0 Å². The molecule has 90 valence electrons. The molecule has 0 aromatic rings. The van der Waals surface area contributed by atoms with Gasteiger partial charge in [0.15, 0.2) is 0 Å². The fraction of sp³-hybridized carbons (Fsp3) is 0.909. The van der Waals surface area contributed by atoms with Crippen molar-refractivity contribution in [1.82, 2.24) is 0 Å². The lowest BCUT2D eigenvalue weighted by Crippen LogP contribution is -2.14. The smallest absolute Gasteiger partial charge is 0.222 e. The van der Waals surface area contributed by atoms with E-state index < -0.39 is 0 Å². The van der Waals surface area contributed by atoms with Crippen molar-refractivity contribution in [3.8, 4) is 0 Å². The van der Waals surface area contributed by atoms with Gasteiger partial charge in [0.05, 0.1) is 6.10 Å². The molecule has 0 saturated heterocycles. The van der Waals surface area contributed by atoms with Gasteiger partial charge in [-0.05, 0) is 51.2 Å². The quantitative estimate of drug-likeness (QED) is 0.502. The number of unbranched alkanes of at least 4 members (excludes halogenated alkanes) is 1. The summed E-state index contributed by atoms with van der Waals surface area (Å²) in [5.41, 5.74) is 0.0841. The average molecular weight is 250 g/mol. The van der Waals surface area contributed by atoms with Crippen LogP contribution in [-0.4, -0.2) is 22.5 Å². The molecule has 0 saturated carbocycles. The number of ether oxygens (including phenoxy) is 2. The number of thiocarbonyl (C=S) groups is 1. The molecular formula is C11H22O2S2.